The fourth-order valence-electron chi connectivity index (χ4n) is 3.07. The predicted molar refractivity (Wildman–Crippen MR) is 94.8 cm³/mol. The zero-order chi connectivity index (χ0) is 16.2. The lowest BCUT2D eigenvalue weighted by Crippen LogP contribution is -2.46. The van der Waals surface area contributed by atoms with Crippen LogP contribution in [0, 0.1) is 18.3 Å². The van der Waals surface area contributed by atoms with Gasteiger partial charge in [0, 0.05) is 43.4 Å². The molecule has 3 nitrogen and oxygen atoms in total. The number of hydrogen-bond donors (Lipinski definition) is 0. The van der Waals surface area contributed by atoms with Crippen LogP contribution in [-0.4, -0.2) is 31.1 Å². The van der Waals surface area contributed by atoms with Crippen LogP contribution in [0.2, 0.25) is 5.02 Å². The molecule has 1 aliphatic heterocycles. The number of nitrogens with zero attached hydrogens (tertiary/aromatic N) is 3. The van der Waals surface area contributed by atoms with Crippen molar-refractivity contribution in [1.82, 2.24) is 4.90 Å². The van der Waals surface area contributed by atoms with Gasteiger partial charge in [-0.1, -0.05) is 29.8 Å². The number of anilines is 1. The summed E-state index contributed by atoms with van der Waals surface area (Å²) in [6, 6.07) is 16.2. The molecule has 0 atom stereocenters. The topological polar surface area (TPSA) is 30.3 Å². The standard InChI is InChI=1S/C19H20ClN3/c1-15-5-6-18(20)12-19(15)23-9-7-22(8-10-23)14-17-4-2-3-16(11-17)13-21/h2-6,11-12H,7-10,14H2,1H3. The molecule has 1 aliphatic rings. The quantitative estimate of drug-likeness (QED) is 0.859. The molecule has 2 aromatic carbocycles. The highest BCUT2D eigenvalue weighted by molar-refractivity contribution is 6.30. The Morgan fingerprint density at radius 2 is 1.87 bits per heavy atom. The molecule has 0 unspecified atom stereocenters. The van der Waals surface area contributed by atoms with Crippen molar-refractivity contribution in [2.45, 2.75) is 13.5 Å². The van der Waals surface area contributed by atoms with Crippen molar-refractivity contribution >= 4 is 17.3 Å². The summed E-state index contributed by atoms with van der Waals surface area (Å²) in [5.74, 6) is 0. The van der Waals surface area contributed by atoms with Crippen molar-refractivity contribution in [2.24, 2.45) is 0 Å². The normalized spacial score (nSPS) is 15.4. The molecule has 1 heterocycles. The first kappa shape index (κ1) is 15.9. The second kappa shape index (κ2) is 7.04. The second-order valence-corrected chi connectivity index (χ2v) is 6.44. The van der Waals surface area contributed by atoms with E-state index in [0.29, 0.717) is 0 Å². The van der Waals surface area contributed by atoms with E-state index in [4.69, 9.17) is 16.9 Å². The molecule has 4 heteroatoms. The number of nitriles is 1. The van der Waals surface area contributed by atoms with Crippen LogP contribution in [-0.2, 0) is 6.54 Å². The van der Waals surface area contributed by atoms with Crippen LogP contribution in [0.15, 0.2) is 42.5 Å². The van der Waals surface area contributed by atoms with Crippen molar-refractivity contribution in [3.63, 3.8) is 0 Å². The largest absolute Gasteiger partial charge is 0.369 e. The van der Waals surface area contributed by atoms with E-state index in [-0.39, 0.29) is 0 Å². The average Bonchev–Trinajstić information content (AvgIpc) is 2.58. The van der Waals surface area contributed by atoms with Crippen LogP contribution in [0.1, 0.15) is 16.7 Å². The van der Waals surface area contributed by atoms with Gasteiger partial charge in [-0.05, 0) is 42.3 Å². The van der Waals surface area contributed by atoms with Crippen molar-refractivity contribution < 1.29 is 0 Å². The summed E-state index contributed by atoms with van der Waals surface area (Å²) < 4.78 is 0. The molecular weight excluding hydrogens is 306 g/mol. The summed E-state index contributed by atoms with van der Waals surface area (Å²) in [6.07, 6.45) is 0. The molecule has 1 saturated heterocycles. The number of piperazine rings is 1. The molecule has 0 aromatic heterocycles. The van der Waals surface area contributed by atoms with Crippen molar-refractivity contribution in [1.29, 1.82) is 5.26 Å². The predicted octanol–water partition coefficient (Wildman–Crippen LogP) is 3.84. The molecule has 0 aliphatic carbocycles. The lowest BCUT2D eigenvalue weighted by molar-refractivity contribution is 0.250. The van der Waals surface area contributed by atoms with Gasteiger partial charge >= 0.3 is 0 Å². The minimum Gasteiger partial charge on any atom is -0.369 e. The summed E-state index contributed by atoms with van der Waals surface area (Å²) in [5.41, 5.74) is 4.44. The van der Waals surface area contributed by atoms with Crippen molar-refractivity contribution in [3.05, 3.63) is 64.2 Å². The van der Waals surface area contributed by atoms with Gasteiger partial charge in [-0.2, -0.15) is 5.26 Å². The highest BCUT2D eigenvalue weighted by atomic mass is 35.5. The molecule has 0 N–H and O–H groups in total. The van der Waals surface area contributed by atoms with Gasteiger partial charge in [0.25, 0.3) is 0 Å². The van der Waals surface area contributed by atoms with E-state index >= 15 is 0 Å². The third kappa shape index (κ3) is 3.85. The van der Waals surface area contributed by atoms with Crippen LogP contribution in [0.25, 0.3) is 0 Å². The first-order valence-electron chi connectivity index (χ1n) is 7.88. The first-order chi connectivity index (χ1) is 11.2. The van der Waals surface area contributed by atoms with Crippen LogP contribution in [0.3, 0.4) is 0 Å². The van der Waals surface area contributed by atoms with Gasteiger partial charge in [-0.3, -0.25) is 4.90 Å². The zero-order valence-corrected chi connectivity index (χ0v) is 14.1. The van der Waals surface area contributed by atoms with Gasteiger partial charge in [-0.15, -0.1) is 0 Å². The monoisotopic (exact) mass is 325 g/mol. The van der Waals surface area contributed by atoms with Gasteiger partial charge in [-0.25, -0.2) is 0 Å². The minimum absolute atomic E-state index is 0.732. The fraction of sp³-hybridized carbons (Fsp3) is 0.316. The van der Waals surface area contributed by atoms with E-state index in [9.17, 15) is 0 Å². The number of aryl methyl sites for hydroxylation is 1. The summed E-state index contributed by atoms with van der Waals surface area (Å²) in [4.78, 5) is 4.84. The molecule has 2 aromatic rings. The third-order valence-electron chi connectivity index (χ3n) is 4.35. The van der Waals surface area contributed by atoms with E-state index in [1.807, 2.05) is 24.3 Å². The molecule has 23 heavy (non-hydrogen) atoms. The van der Waals surface area contributed by atoms with Crippen LogP contribution in [0.5, 0.6) is 0 Å². The number of hydrogen-bond acceptors (Lipinski definition) is 3. The summed E-state index contributed by atoms with van der Waals surface area (Å²) in [7, 11) is 0. The number of halogens is 1. The Bertz CT molecular complexity index is 728. The number of rotatable bonds is 3. The Morgan fingerprint density at radius 1 is 1.09 bits per heavy atom. The molecular formula is C19H20ClN3. The SMILES string of the molecule is Cc1ccc(Cl)cc1N1CCN(Cc2cccc(C#N)c2)CC1. The Labute approximate surface area is 142 Å². The average molecular weight is 326 g/mol. The Morgan fingerprint density at radius 3 is 2.61 bits per heavy atom. The van der Waals surface area contributed by atoms with Crippen LogP contribution < -0.4 is 4.90 Å². The third-order valence-corrected chi connectivity index (χ3v) is 4.58. The van der Waals surface area contributed by atoms with Gasteiger partial charge in [0.1, 0.15) is 0 Å². The molecule has 0 saturated carbocycles. The molecule has 1 fully saturated rings. The maximum absolute atomic E-state index is 9.00. The maximum atomic E-state index is 9.00. The molecule has 3 rings (SSSR count). The summed E-state index contributed by atoms with van der Waals surface area (Å²) in [6.45, 7) is 7.06. The van der Waals surface area contributed by atoms with Gasteiger partial charge in [0.05, 0.1) is 11.6 Å². The second-order valence-electron chi connectivity index (χ2n) is 6.01. The van der Waals surface area contributed by atoms with E-state index < -0.39 is 0 Å². The molecule has 118 valence electrons. The lowest BCUT2D eigenvalue weighted by atomic mass is 10.1. The Kier molecular flexibility index (Phi) is 4.85. The van der Waals surface area contributed by atoms with Gasteiger partial charge < -0.3 is 4.90 Å². The zero-order valence-electron chi connectivity index (χ0n) is 13.3. The fourth-order valence-corrected chi connectivity index (χ4v) is 3.23. The molecule has 0 amide bonds. The molecule has 0 radical (unpaired) electrons. The summed E-state index contributed by atoms with van der Waals surface area (Å²) >= 11 is 6.14. The van der Waals surface area contributed by atoms with Gasteiger partial charge in [0.2, 0.25) is 0 Å². The highest BCUT2D eigenvalue weighted by Crippen LogP contribution is 2.25. The van der Waals surface area contributed by atoms with Gasteiger partial charge in [0.15, 0.2) is 0 Å². The Balaban J connectivity index is 1.62. The lowest BCUT2D eigenvalue weighted by Gasteiger charge is -2.37. The maximum Gasteiger partial charge on any atom is 0.0991 e. The first-order valence-corrected chi connectivity index (χ1v) is 8.26. The van der Waals surface area contributed by atoms with Crippen LogP contribution >= 0.6 is 11.6 Å². The van der Waals surface area contributed by atoms with E-state index in [2.05, 4.69) is 41.0 Å². The van der Waals surface area contributed by atoms with E-state index in [1.165, 1.54) is 16.8 Å². The smallest absolute Gasteiger partial charge is 0.0991 e. The minimum atomic E-state index is 0.732. The molecule has 0 bridgehead atoms. The van der Waals surface area contributed by atoms with Crippen molar-refractivity contribution in [2.75, 3.05) is 31.1 Å². The number of benzene rings is 2. The molecule has 0 spiro atoms. The van der Waals surface area contributed by atoms with Crippen LogP contribution in [0.4, 0.5) is 5.69 Å². The summed E-state index contributed by atoms with van der Waals surface area (Å²) in [5, 5.41) is 9.79. The van der Waals surface area contributed by atoms with Crippen molar-refractivity contribution in [3.8, 4) is 6.07 Å². The van der Waals surface area contributed by atoms with E-state index in [0.717, 1.165) is 43.3 Å². The highest BCUT2D eigenvalue weighted by Gasteiger charge is 2.18. The Hall–Kier alpha value is -2.02. The van der Waals surface area contributed by atoms with E-state index in [1.54, 1.807) is 0 Å².